The zero-order valence-electron chi connectivity index (χ0n) is 15.1. The molecule has 0 radical (unpaired) electrons. The molecule has 8 nitrogen and oxygen atoms in total. The number of piperazine rings is 1. The summed E-state index contributed by atoms with van der Waals surface area (Å²) in [6, 6.07) is 7.31. The lowest BCUT2D eigenvalue weighted by atomic mass is 10.1. The molecule has 0 saturated carbocycles. The van der Waals surface area contributed by atoms with Crippen molar-refractivity contribution in [2.24, 2.45) is 0 Å². The first-order valence-corrected chi connectivity index (χ1v) is 9.75. The Labute approximate surface area is 163 Å². The van der Waals surface area contributed by atoms with E-state index in [0.29, 0.717) is 29.9 Å². The van der Waals surface area contributed by atoms with Gasteiger partial charge in [-0.3, -0.25) is 14.3 Å². The Morgan fingerprint density at radius 1 is 1.07 bits per heavy atom. The first-order chi connectivity index (χ1) is 13.4. The predicted octanol–water partition coefficient (Wildman–Crippen LogP) is 1.07. The molecule has 1 saturated heterocycles. The van der Waals surface area contributed by atoms with E-state index in [2.05, 4.69) is 9.71 Å². The number of rotatable bonds is 4. The number of thiol groups is 1. The second-order valence-corrected chi connectivity index (χ2v) is 7.05. The largest absolute Gasteiger partial charge is 0.335 e. The first kappa shape index (κ1) is 19.7. The van der Waals surface area contributed by atoms with Crippen LogP contribution >= 0.6 is 0 Å². The molecule has 2 amide bonds. The number of aromatic nitrogens is 1. The highest BCUT2D eigenvalue weighted by atomic mass is 32.2. The van der Waals surface area contributed by atoms with E-state index in [1.54, 1.807) is 24.0 Å². The topological polar surface area (TPSA) is 99.7 Å². The highest BCUT2D eigenvalue weighted by Crippen LogP contribution is 2.19. The molecular formula is C18H19FN4O4S. The Bertz CT molecular complexity index is 979. The van der Waals surface area contributed by atoms with Crippen molar-refractivity contribution in [1.29, 1.82) is 0 Å². The lowest BCUT2D eigenvalue weighted by Crippen LogP contribution is -2.50. The molecule has 1 N–H and O–H groups in total. The van der Waals surface area contributed by atoms with Crippen molar-refractivity contribution in [3.05, 3.63) is 59.2 Å². The summed E-state index contributed by atoms with van der Waals surface area (Å²) in [4.78, 5) is 32.0. The van der Waals surface area contributed by atoms with Gasteiger partial charge >= 0.3 is 0 Å². The van der Waals surface area contributed by atoms with E-state index in [0.717, 1.165) is 0 Å². The number of pyridine rings is 1. The fourth-order valence-corrected chi connectivity index (χ4v) is 3.46. The molecule has 1 fully saturated rings. The van der Waals surface area contributed by atoms with Gasteiger partial charge in [0.15, 0.2) is 11.5 Å². The predicted molar refractivity (Wildman–Crippen MR) is 101 cm³/mol. The van der Waals surface area contributed by atoms with E-state index < -0.39 is 22.6 Å². The van der Waals surface area contributed by atoms with E-state index in [1.807, 2.05) is 0 Å². The summed E-state index contributed by atoms with van der Waals surface area (Å²) in [5.41, 5.74) is 1.25. The lowest BCUT2D eigenvalue weighted by molar-refractivity contribution is 0.0529. The standard InChI is InChI=1S/C18H19FN4O4S/c1-12-11-13(4-5-15(12)21-28(26)27)17(24)22-7-9-23(10-8-22)18(25)16-14(19)3-2-6-20-16/h2-6,11,28H,7-10H2,1H3,(H,21,26,27). The van der Waals surface area contributed by atoms with E-state index in [4.69, 9.17) is 0 Å². The smallest absolute Gasteiger partial charge is 0.275 e. The average Bonchev–Trinajstić information content (AvgIpc) is 2.68. The quantitative estimate of drug-likeness (QED) is 0.740. The lowest BCUT2D eigenvalue weighted by Gasteiger charge is -2.34. The van der Waals surface area contributed by atoms with Crippen LogP contribution in [0.2, 0.25) is 0 Å². The minimum absolute atomic E-state index is 0.211. The summed E-state index contributed by atoms with van der Waals surface area (Å²) in [5.74, 6) is -1.38. The van der Waals surface area contributed by atoms with Crippen LogP contribution < -0.4 is 4.72 Å². The highest BCUT2D eigenvalue weighted by molar-refractivity contribution is 7.73. The van der Waals surface area contributed by atoms with Gasteiger partial charge in [0.1, 0.15) is 0 Å². The highest BCUT2D eigenvalue weighted by Gasteiger charge is 2.27. The molecular weight excluding hydrogens is 387 g/mol. The molecule has 0 bridgehead atoms. The summed E-state index contributed by atoms with van der Waals surface area (Å²) >= 11 is 0. The van der Waals surface area contributed by atoms with Gasteiger partial charge in [0.2, 0.25) is 10.9 Å². The van der Waals surface area contributed by atoms with Gasteiger partial charge in [-0.2, -0.15) is 0 Å². The molecule has 28 heavy (non-hydrogen) atoms. The van der Waals surface area contributed by atoms with E-state index in [-0.39, 0.29) is 24.7 Å². The Kier molecular flexibility index (Phi) is 5.88. The third-order valence-corrected chi connectivity index (χ3v) is 4.92. The summed E-state index contributed by atoms with van der Waals surface area (Å²) in [7, 11) is -2.78. The van der Waals surface area contributed by atoms with Crippen LogP contribution in [-0.2, 0) is 10.9 Å². The Morgan fingerprint density at radius 3 is 2.29 bits per heavy atom. The number of nitrogens with zero attached hydrogens (tertiary/aromatic N) is 3. The van der Waals surface area contributed by atoms with Crippen LogP contribution in [0.25, 0.3) is 0 Å². The van der Waals surface area contributed by atoms with E-state index in [9.17, 15) is 22.4 Å². The number of carbonyl (C=O) groups is 2. The monoisotopic (exact) mass is 406 g/mol. The number of hydrogen-bond acceptors (Lipinski definition) is 5. The molecule has 1 aromatic carbocycles. The van der Waals surface area contributed by atoms with Crippen molar-refractivity contribution in [3.8, 4) is 0 Å². The van der Waals surface area contributed by atoms with Crippen LogP contribution in [0.3, 0.4) is 0 Å². The average molecular weight is 406 g/mol. The summed E-state index contributed by atoms with van der Waals surface area (Å²) in [6.45, 7) is 2.87. The second kappa shape index (κ2) is 8.34. The second-order valence-electron chi connectivity index (χ2n) is 6.32. The molecule has 148 valence electrons. The molecule has 2 aromatic rings. The summed E-state index contributed by atoms with van der Waals surface area (Å²) in [6.07, 6.45) is 1.36. The first-order valence-electron chi connectivity index (χ1n) is 8.57. The Balaban J connectivity index is 1.65. The molecule has 1 aromatic heterocycles. The fraction of sp³-hybridized carbons (Fsp3) is 0.278. The number of nitrogens with one attached hydrogen (secondary N) is 1. The maximum Gasteiger partial charge on any atom is 0.275 e. The number of halogens is 1. The van der Waals surface area contributed by atoms with Gasteiger partial charge in [0.25, 0.3) is 11.8 Å². The van der Waals surface area contributed by atoms with Gasteiger partial charge in [0.05, 0.1) is 5.69 Å². The Morgan fingerprint density at radius 2 is 1.71 bits per heavy atom. The van der Waals surface area contributed by atoms with Crippen molar-refractivity contribution >= 4 is 28.4 Å². The van der Waals surface area contributed by atoms with Crippen LogP contribution in [0.1, 0.15) is 26.4 Å². The van der Waals surface area contributed by atoms with Gasteiger partial charge in [-0.05, 0) is 42.8 Å². The normalized spacial score (nSPS) is 14.2. The van der Waals surface area contributed by atoms with E-state index >= 15 is 0 Å². The van der Waals surface area contributed by atoms with Gasteiger partial charge in [-0.25, -0.2) is 17.8 Å². The molecule has 2 heterocycles. The van der Waals surface area contributed by atoms with E-state index in [1.165, 1.54) is 29.3 Å². The minimum atomic E-state index is -2.78. The van der Waals surface area contributed by atoms with Gasteiger partial charge in [-0.15, -0.1) is 0 Å². The van der Waals surface area contributed by atoms with Crippen LogP contribution in [0, 0.1) is 12.7 Å². The van der Waals surface area contributed by atoms with Crippen LogP contribution in [0.15, 0.2) is 36.5 Å². The third-order valence-electron chi connectivity index (χ3n) is 4.50. The van der Waals surface area contributed by atoms with Gasteiger partial charge in [0, 0.05) is 37.9 Å². The van der Waals surface area contributed by atoms with Crippen LogP contribution in [0.4, 0.5) is 10.1 Å². The van der Waals surface area contributed by atoms with Crippen molar-refractivity contribution in [2.45, 2.75) is 6.92 Å². The number of amides is 2. The molecule has 0 unspecified atom stereocenters. The van der Waals surface area contributed by atoms with Crippen molar-refractivity contribution in [2.75, 3.05) is 30.9 Å². The van der Waals surface area contributed by atoms with Crippen LogP contribution in [-0.4, -0.2) is 61.2 Å². The fourth-order valence-electron chi connectivity index (χ4n) is 3.01. The molecule has 1 aliphatic heterocycles. The molecule has 0 spiro atoms. The van der Waals surface area contributed by atoms with Crippen molar-refractivity contribution < 1.29 is 22.4 Å². The number of anilines is 1. The molecule has 10 heteroatoms. The molecule has 0 aliphatic carbocycles. The third kappa shape index (κ3) is 4.28. The Hall–Kier alpha value is -3.01. The maximum atomic E-state index is 13.8. The van der Waals surface area contributed by atoms with Crippen molar-refractivity contribution in [3.63, 3.8) is 0 Å². The number of benzene rings is 1. The van der Waals surface area contributed by atoms with Gasteiger partial charge < -0.3 is 9.80 Å². The molecule has 0 atom stereocenters. The summed E-state index contributed by atoms with van der Waals surface area (Å²) < 4.78 is 37.6. The van der Waals surface area contributed by atoms with Crippen molar-refractivity contribution in [1.82, 2.24) is 14.8 Å². The van der Waals surface area contributed by atoms with Gasteiger partial charge in [-0.1, -0.05) is 0 Å². The van der Waals surface area contributed by atoms with Crippen LogP contribution in [0.5, 0.6) is 0 Å². The summed E-state index contributed by atoms with van der Waals surface area (Å²) in [5, 5.41) is 0. The molecule has 1 aliphatic rings. The minimum Gasteiger partial charge on any atom is -0.335 e. The number of carbonyl (C=O) groups excluding carboxylic acids is 2. The molecule has 3 rings (SSSR count). The number of aryl methyl sites for hydroxylation is 1. The zero-order valence-corrected chi connectivity index (χ0v) is 16.0. The SMILES string of the molecule is Cc1cc(C(=O)N2CCN(C(=O)c3ncccc3F)CC2)ccc1N[SH](=O)=O. The zero-order chi connectivity index (χ0) is 20.3. The number of hydrogen-bond donors (Lipinski definition) is 2. The maximum absolute atomic E-state index is 13.8.